The molecule has 0 amide bonds. The van der Waals surface area contributed by atoms with E-state index in [9.17, 15) is 30.7 Å². The summed E-state index contributed by atoms with van der Waals surface area (Å²) in [6.45, 7) is 3.68. The number of aromatic carboxylic acids is 1. The van der Waals surface area contributed by atoms with Crippen LogP contribution in [-0.4, -0.2) is 37.0 Å². The number of carboxylic acid groups (broad SMARTS) is 1. The number of carbonyl (C=O) groups is 1. The topological polar surface area (TPSA) is 245 Å². The second-order valence-electron chi connectivity index (χ2n) is 13.1. The molecule has 0 aliphatic carbocycles. The quantitative estimate of drug-likeness (QED) is 0.0410. The van der Waals surface area contributed by atoms with E-state index in [0.717, 1.165) is 11.1 Å². The van der Waals surface area contributed by atoms with Crippen LogP contribution in [0.25, 0.3) is 24.3 Å². The van der Waals surface area contributed by atoms with Crippen LogP contribution >= 0.6 is 0 Å². The van der Waals surface area contributed by atoms with Gasteiger partial charge in [0.1, 0.15) is 9.79 Å². The Labute approximate surface area is 350 Å². The first-order valence-corrected chi connectivity index (χ1v) is 20.8. The van der Waals surface area contributed by atoms with E-state index in [1.807, 2.05) is 13.8 Å². The predicted molar refractivity (Wildman–Crippen MR) is 230 cm³/mol. The molecule has 61 heavy (non-hydrogen) atoms. The number of carboxylic acids is 1. The molecule has 0 saturated heterocycles. The molecule has 0 aromatic heterocycles. The van der Waals surface area contributed by atoms with Gasteiger partial charge in [0, 0.05) is 0 Å². The Balaban J connectivity index is 1.06. The monoisotopic (exact) mass is 854 g/mol. The summed E-state index contributed by atoms with van der Waals surface area (Å²) in [4.78, 5) is 10.5. The molecule has 6 aromatic carbocycles. The molecular weight excluding hydrogens is 821 g/mol. The Morgan fingerprint density at radius 1 is 0.475 bits per heavy atom. The van der Waals surface area contributed by atoms with Crippen LogP contribution in [0.5, 0.6) is 0 Å². The van der Waals surface area contributed by atoms with Crippen LogP contribution < -0.4 is 0 Å². The zero-order chi connectivity index (χ0) is 43.6. The summed E-state index contributed by atoms with van der Waals surface area (Å²) < 4.78 is 67.4. The lowest BCUT2D eigenvalue weighted by atomic mass is 10.1. The van der Waals surface area contributed by atoms with Gasteiger partial charge >= 0.3 is 5.97 Å². The Morgan fingerprint density at radius 2 is 0.918 bits per heavy atom. The van der Waals surface area contributed by atoms with Crippen LogP contribution in [0.2, 0.25) is 0 Å². The summed E-state index contributed by atoms with van der Waals surface area (Å²) >= 11 is 0. The highest BCUT2D eigenvalue weighted by Gasteiger charge is 2.16. The summed E-state index contributed by atoms with van der Waals surface area (Å²) in [7, 11) is -9.03. The number of nitrogens with zero attached hydrogens (tertiary/aromatic N) is 8. The van der Waals surface area contributed by atoms with Gasteiger partial charge in [0.05, 0.1) is 39.7 Å². The highest BCUT2D eigenvalue weighted by Crippen LogP contribution is 2.31. The molecule has 16 nitrogen and oxygen atoms in total. The maximum absolute atomic E-state index is 12.3. The minimum absolute atomic E-state index is 0.158. The average Bonchev–Trinajstić information content (AvgIpc) is 3.24. The first kappa shape index (κ1) is 43.1. The Kier molecular flexibility index (Phi) is 13.4. The van der Waals surface area contributed by atoms with Gasteiger partial charge in [-0.25, -0.2) is 4.79 Å². The zero-order valence-corrected chi connectivity index (χ0v) is 33.8. The molecule has 306 valence electrons. The van der Waals surface area contributed by atoms with Crippen molar-refractivity contribution < 1.29 is 35.8 Å². The number of azo groups is 2. The van der Waals surface area contributed by atoms with Gasteiger partial charge in [-0.15, -0.1) is 10.2 Å². The van der Waals surface area contributed by atoms with Crippen molar-refractivity contribution in [1.29, 1.82) is 0 Å². The highest BCUT2D eigenvalue weighted by molar-refractivity contribution is 7.86. The Morgan fingerprint density at radius 3 is 1.48 bits per heavy atom. The third-order valence-corrected chi connectivity index (χ3v) is 10.5. The lowest BCUT2D eigenvalue weighted by Gasteiger charge is -2.04. The van der Waals surface area contributed by atoms with Gasteiger partial charge in [-0.3, -0.25) is 9.11 Å². The molecule has 0 aliphatic heterocycles. The zero-order valence-electron chi connectivity index (χ0n) is 32.2. The van der Waals surface area contributed by atoms with Crippen molar-refractivity contribution in [3.8, 4) is 0 Å². The third-order valence-electron chi connectivity index (χ3n) is 8.70. The molecule has 0 aliphatic rings. The molecule has 6 aromatic rings. The van der Waals surface area contributed by atoms with Crippen LogP contribution in [0.4, 0.5) is 34.1 Å². The number of benzene rings is 6. The largest absolute Gasteiger partial charge is 0.478 e. The molecule has 0 fully saturated rings. The summed E-state index contributed by atoms with van der Waals surface area (Å²) in [6, 6.07) is 33.5. The van der Waals surface area contributed by atoms with Gasteiger partial charge in [0.15, 0.2) is 0 Å². The minimum Gasteiger partial charge on any atom is -0.478 e. The van der Waals surface area contributed by atoms with Gasteiger partial charge in [-0.2, -0.15) is 37.3 Å². The van der Waals surface area contributed by atoms with E-state index in [1.165, 1.54) is 42.5 Å². The summed E-state index contributed by atoms with van der Waals surface area (Å²) in [6.07, 6.45) is 6.42. The second kappa shape index (κ2) is 19.0. The third kappa shape index (κ3) is 12.0. The predicted octanol–water partition coefficient (Wildman–Crippen LogP) is 12.4. The van der Waals surface area contributed by atoms with Crippen molar-refractivity contribution in [2.24, 2.45) is 41.1 Å². The molecule has 0 radical (unpaired) electrons. The Bertz CT molecular complexity index is 3000. The van der Waals surface area contributed by atoms with Crippen LogP contribution in [0, 0.1) is 13.8 Å². The van der Waals surface area contributed by atoms with Crippen molar-refractivity contribution in [2.45, 2.75) is 23.6 Å². The first-order valence-electron chi connectivity index (χ1n) is 18.0. The van der Waals surface area contributed by atoms with Crippen LogP contribution in [-0.2, 0) is 20.2 Å². The molecule has 3 N–H and O–H groups in total. The SMILES string of the molecule is Cc1cc(N=Nc2ccc(C(=O)O)cc2)c(C)cc1N=NN=Nc1ccc(C=Cc2ccc(N=Nc3ccc(C=Cc4ccccc4S(=O)(=O)O)cc3)cc2S(=O)(=O)O)cc1. The number of hydrogen-bond donors (Lipinski definition) is 3. The maximum Gasteiger partial charge on any atom is 0.335 e. The van der Waals surface area contributed by atoms with Crippen molar-refractivity contribution in [1.82, 2.24) is 0 Å². The van der Waals surface area contributed by atoms with Crippen LogP contribution in [0.3, 0.4) is 0 Å². The number of hydrogen-bond acceptors (Lipinski definition) is 11. The fraction of sp³-hybridized carbons (Fsp3) is 0.0465. The van der Waals surface area contributed by atoms with Gasteiger partial charge in [-0.1, -0.05) is 72.8 Å². The Hall–Kier alpha value is -7.51. The van der Waals surface area contributed by atoms with E-state index in [4.69, 9.17) is 5.11 Å². The molecule has 0 spiro atoms. The summed E-state index contributed by atoms with van der Waals surface area (Å²) in [5, 5.41) is 41.7. The molecule has 0 unspecified atom stereocenters. The van der Waals surface area contributed by atoms with Gasteiger partial charge in [0.25, 0.3) is 20.2 Å². The molecule has 6 rings (SSSR count). The fourth-order valence-electron chi connectivity index (χ4n) is 5.51. The fourth-order valence-corrected chi connectivity index (χ4v) is 6.90. The first-order chi connectivity index (χ1) is 29.1. The van der Waals surface area contributed by atoms with Crippen molar-refractivity contribution in [3.05, 3.63) is 166 Å². The van der Waals surface area contributed by atoms with Crippen molar-refractivity contribution >= 4 is 84.6 Å². The van der Waals surface area contributed by atoms with Crippen LogP contribution in [0.1, 0.15) is 43.7 Å². The summed E-state index contributed by atoms with van der Waals surface area (Å²) in [5.74, 6) is -1.02. The minimum atomic E-state index is -4.64. The van der Waals surface area contributed by atoms with Crippen molar-refractivity contribution in [2.75, 3.05) is 0 Å². The van der Waals surface area contributed by atoms with E-state index in [1.54, 1.807) is 109 Å². The molecule has 0 heterocycles. The number of rotatable bonds is 14. The van der Waals surface area contributed by atoms with Gasteiger partial charge in [0.2, 0.25) is 0 Å². The number of aryl methyl sites for hydroxylation is 2. The van der Waals surface area contributed by atoms with Gasteiger partial charge in [-0.05, 0) is 137 Å². The average molecular weight is 855 g/mol. The second-order valence-corrected chi connectivity index (χ2v) is 15.9. The summed E-state index contributed by atoms with van der Waals surface area (Å²) in [5.41, 5.74) is 6.45. The molecule has 0 atom stereocenters. The highest BCUT2D eigenvalue weighted by atomic mass is 32.2. The van der Waals surface area contributed by atoms with E-state index >= 15 is 0 Å². The smallest absolute Gasteiger partial charge is 0.335 e. The lowest BCUT2D eigenvalue weighted by Crippen LogP contribution is -2.00. The molecule has 18 heteroatoms. The molecule has 0 saturated carbocycles. The van der Waals surface area contributed by atoms with E-state index in [-0.39, 0.29) is 26.6 Å². The van der Waals surface area contributed by atoms with Crippen molar-refractivity contribution in [3.63, 3.8) is 0 Å². The molecule has 0 bridgehead atoms. The lowest BCUT2D eigenvalue weighted by molar-refractivity contribution is 0.0696. The van der Waals surface area contributed by atoms with E-state index in [2.05, 4.69) is 41.1 Å². The van der Waals surface area contributed by atoms with Crippen LogP contribution in [0.15, 0.2) is 178 Å². The van der Waals surface area contributed by atoms with E-state index in [0.29, 0.717) is 45.1 Å². The standard InChI is InChI=1S/C43H34N8O8S2/c1-28-26-40(29(2)25-39(28)48-45-36-22-16-34(17-23-36)43(52)53)49-51-50-47-37-20-11-31(12-21-37)8-14-33-15-24-38(27-42(33)61(57,58)59)46-44-35-18-9-30(10-19-35)7-13-32-5-3-4-6-41(32)60(54,55)56/h3-27H,1-2H3,(H,52,53)(H,54,55,56)(H,57,58,59). The van der Waals surface area contributed by atoms with Gasteiger partial charge < -0.3 is 5.11 Å². The maximum atomic E-state index is 12.3. The van der Waals surface area contributed by atoms with E-state index < -0.39 is 26.2 Å². The molecular formula is C43H34N8O8S2. The normalized spacial score (nSPS) is 12.6.